The average molecular weight is 397 g/mol. The summed E-state index contributed by atoms with van der Waals surface area (Å²) in [5, 5.41) is 0.771. The van der Waals surface area contributed by atoms with Crippen molar-refractivity contribution in [3.63, 3.8) is 0 Å². The van der Waals surface area contributed by atoms with Crippen molar-refractivity contribution >= 4 is 44.1 Å². The molecule has 118 valence electrons. The highest BCUT2D eigenvalue weighted by Gasteiger charge is 2.15. The first-order valence-corrected chi connectivity index (χ1v) is 8.97. The van der Waals surface area contributed by atoms with Gasteiger partial charge in [-0.25, -0.2) is 15.0 Å². The van der Waals surface area contributed by atoms with Crippen LogP contribution in [0.4, 0.5) is 5.82 Å². The van der Waals surface area contributed by atoms with E-state index in [1.165, 1.54) is 11.9 Å². The lowest BCUT2D eigenvalue weighted by molar-refractivity contribution is 1.19. The van der Waals surface area contributed by atoms with E-state index in [0.717, 1.165) is 30.9 Å². The van der Waals surface area contributed by atoms with Crippen LogP contribution in [0.3, 0.4) is 0 Å². The normalized spacial score (nSPS) is 11.1. The summed E-state index contributed by atoms with van der Waals surface area (Å²) >= 11 is 5.17. The first kappa shape index (κ1) is 15.2. The van der Waals surface area contributed by atoms with Crippen LogP contribution in [0.5, 0.6) is 0 Å². The maximum atomic E-state index is 6.02. The lowest BCUT2D eigenvalue weighted by Crippen LogP contribution is -1.97. The molecule has 0 bridgehead atoms. The number of aromatic nitrogens is 3. The van der Waals surface area contributed by atoms with E-state index in [2.05, 4.69) is 63.2 Å². The number of nitrogens with zero attached hydrogens (tertiary/aromatic N) is 3. The van der Waals surface area contributed by atoms with Gasteiger partial charge in [-0.1, -0.05) is 29.8 Å². The van der Waals surface area contributed by atoms with E-state index >= 15 is 0 Å². The molecule has 0 aliphatic rings. The molecule has 6 heteroatoms. The molecule has 2 N–H and O–H groups in total. The van der Waals surface area contributed by atoms with E-state index < -0.39 is 0 Å². The van der Waals surface area contributed by atoms with E-state index in [9.17, 15) is 0 Å². The molecule has 0 aliphatic carbocycles. The molecule has 4 aromatic rings. The van der Waals surface area contributed by atoms with E-state index in [1.807, 2.05) is 12.1 Å². The molecule has 0 saturated carbocycles. The Morgan fingerprint density at radius 2 is 1.83 bits per heavy atom. The number of anilines is 1. The molecule has 0 saturated heterocycles. The number of thiophene rings is 1. The number of hydrogen-bond acceptors (Lipinski definition) is 5. The highest BCUT2D eigenvalue weighted by Crippen LogP contribution is 2.38. The van der Waals surface area contributed by atoms with Gasteiger partial charge in [-0.15, -0.1) is 11.3 Å². The number of pyridine rings is 1. The Balaban J connectivity index is 2.04. The zero-order valence-electron chi connectivity index (χ0n) is 12.8. The largest absolute Gasteiger partial charge is 0.383 e. The Morgan fingerprint density at radius 3 is 2.54 bits per heavy atom. The molecule has 0 spiro atoms. The number of fused-ring (bicyclic) bond motifs is 1. The summed E-state index contributed by atoms with van der Waals surface area (Å²) in [6.45, 7) is 2.07. The number of nitrogens with two attached hydrogens (primary N) is 1. The van der Waals surface area contributed by atoms with Gasteiger partial charge in [0.2, 0.25) is 0 Å². The highest BCUT2D eigenvalue weighted by molar-refractivity contribution is 9.11. The first-order chi connectivity index (χ1) is 11.6. The van der Waals surface area contributed by atoms with Gasteiger partial charge in [-0.3, -0.25) is 0 Å². The van der Waals surface area contributed by atoms with Gasteiger partial charge in [0.1, 0.15) is 12.1 Å². The van der Waals surface area contributed by atoms with Crippen molar-refractivity contribution in [3.8, 4) is 21.7 Å². The number of nitrogen functional groups attached to an aromatic ring is 1. The van der Waals surface area contributed by atoms with E-state index in [-0.39, 0.29) is 0 Å². The molecule has 0 aliphatic heterocycles. The fraction of sp³-hybridized carbons (Fsp3) is 0.0556. The number of halogens is 1. The van der Waals surface area contributed by atoms with Gasteiger partial charge in [0, 0.05) is 5.56 Å². The zero-order valence-corrected chi connectivity index (χ0v) is 15.2. The quantitative estimate of drug-likeness (QED) is 0.513. The maximum Gasteiger partial charge on any atom is 0.165 e. The second-order valence-electron chi connectivity index (χ2n) is 5.48. The lowest BCUT2D eigenvalue weighted by Gasteiger charge is -2.10. The van der Waals surface area contributed by atoms with Crippen molar-refractivity contribution in [2.24, 2.45) is 0 Å². The lowest BCUT2D eigenvalue weighted by atomic mass is 10.0. The Hall–Kier alpha value is -2.31. The zero-order chi connectivity index (χ0) is 16.7. The molecule has 1 aromatic carbocycles. The van der Waals surface area contributed by atoms with E-state index in [4.69, 9.17) is 10.7 Å². The fourth-order valence-electron chi connectivity index (χ4n) is 2.59. The third-order valence-electron chi connectivity index (χ3n) is 3.82. The first-order valence-electron chi connectivity index (χ1n) is 7.36. The smallest absolute Gasteiger partial charge is 0.165 e. The van der Waals surface area contributed by atoms with Crippen LogP contribution in [0.2, 0.25) is 0 Å². The van der Waals surface area contributed by atoms with Crippen LogP contribution in [0.15, 0.2) is 52.6 Å². The summed E-state index contributed by atoms with van der Waals surface area (Å²) in [6, 6.07) is 14.5. The van der Waals surface area contributed by atoms with Gasteiger partial charge in [-0.2, -0.15) is 0 Å². The molecular formula is C18H13BrN4S. The van der Waals surface area contributed by atoms with Crippen LogP contribution in [-0.2, 0) is 0 Å². The average Bonchev–Trinajstić information content (AvgIpc) is 3.01. The second kappa shape index (κ2) is 5.96. The van der Waals surface area contributed by atoms with Gasteiger partial charge in [0.15, 0.2) is 5.65 Å². The number of rotatable bonds is 2. The predicted octanol–water partition coefficient (Wildman–Crippen LogP) is 5.07. The molecule has 0 atom stereocenters. The van der Waals surface area contributed by atoms with Crippen LogP contribution >= 0.6 is 27.3 Å². The topological polar surface area (TPSA) is 64.7 Å². The standard InChI is InChI=1S/C18H13BrN4S/c1-10-2-4-11(5-3-10)12-8-13-17(20)21-9-22-18(13)23-16(12)14-6-7-15(19)24-14/h2-9H,1H3,(H2,20,21,22,23). The van der Waals surface area contributed by atoms with Crippen molar-refractivity contribution in [2.75, 3.05) is 5.73 Å². The highest BCUT2D eigenvalue weighted by atomic mass is 79.9. The molecule has 4 nitrogen and oxygen atoms in total. The van der Waals surface area contributed by atoms with Gasteiger partial charge in [-0.05, 0) is 46.6 Å². The van der Waals surface area contributed by atoms with Crippen molar-refractivity contribution in [1.82, 2.24) is 15.0 Å². The molecule has 0 unspecified atom stereocenters. The van der Waals surface area contributed by atoms with Crippen molar-refractivity contribution < 1.29 is 0 Å². The van der Waals surface area contributed by atoms with Crippen molar-refractivity contribution in [2.45, 2.75) is 6.92 Å². The molecule has 3 heterocycles. The van der Waals surface area contributed by atoms with Gasteiger partial charge < -0.3 is 5.73 Å². The van der Waals surface area contributed by atoms with Crippen LogP contribution in [0, 0.1) is 6.92 Å². The van der Waals surface area contributed by atoms with Gasteiger partial charge >= 0.3 is 0 Å². The minimum absolute atomic E-state index is 0.444. The monoisotopic (exact) mass is 396 g/mol. The van der Waals surface area contributed by atoms with Crippen LogP contribution < -0.4 is 5.73 Å². The van der Waals surface area contributed by atoms with E-state index in [0.29, 0.717) is 11.5 Å². The summed E-state index contributed by atoms with van der Waals surface area (Å²) in [5.74, 6) is 0.444. The van der Waals surface area contributed by atoms with Gasteiger partial charge in [0.25, 0.3) is 0 Å². The van der Waals surface area contributed by atoms with E-state index in [1.54, 1.807) is 11.3 Å². The summed E-state index contributed by atoms with van der Waals surface area (Å²) in [4.78, 5) is 14.2. The molecule has 24 heavy (non-hydrogen) atoms. The van der Waals surface area contributed by atoms with Crippen LogP contribution in [0.25, 0.3) is 32.7 Å². The Labute approximate surface area is 151 Å². The molecule has 3 aromatic heterocycles. The molecular weight excluding hydrogens is 384 g/mol. The summed E-state index contributed by atoms with van der Waals surface area (Å²) in [6.07, 6.45) is 1.45. The van der Waals surface area contributed by atoms with Crippen LogP contribution in [-0.4, -0.2) is 15.0 Å². The van der Waals surface area contributed by atoms with Crippen molar-refractivity contribution in [3.05, 3.63) is 58.1 Å². The Morgan fingerprint density at radius 1 is 1.04 bits per heavy atom. The molecule has 0 radical (unpaired) electrons. The summed E-state index contributed by atoms with van der Waals surface area (Å²) in [7, 11) is 0. The minimum Gasteiger partial charge on any atom is -0.383 e. The third kappa shape index (κ3) is 2.68. The number of hydrogen-bond donors (Lipinski definition) is 1. The number of benzene rings is 1. The summed E-state index contributed by atoms with van der Waals surface area (Å²) in [5.41, 5.74) is 10.9. The molecule has 4 rings (SSSR count). The second-order valence-corrected chi connectivity index (χ2v) is 7.95. The van der Waals surface area contributed by atoms with Crippen molar-refractivity contribution in [1.29, 1.82) is 0 Å². The third-order valence-corrected chi connectivity index (χ3v) is 5.45. The maximum absolute atomic E-state index is 6.02. The molecule has 0 amide bonds. The Bertz CT molecular complexity index is 1040. The fourth-order valence-corrected chi connectivity index (χ4v) is 3.98. The molecule has 0 fully saturated rings. The predicted molar refractivity (Wildman–Crippen MR) is 103 cm³/mol. The Kier molecular flexibility index (Phi) is 3.78. The van der Waals surface area contributed by atoms with Gasteiger partial charge in [0.05, 0.1) is 19.7 Å². The number of aryl methyl sites for hydroxylation is 1. The SMILES string of the molecule is Cc1ccc(-c2cc3c(N)ncnc3nc2-c2ccc(Br)s2)cc1. The summed E-state index contributed by atoms with van der Waals surface area (Å²) < 4.78 is 1.07. The van der Waals surface area contributed by atoms with Crippen LogP contribution in [0.1, 0.15) is 5.56 Å². The minimum atomic E-state index is 0.444.